The molecule has 1 fully saturated rings. The van der Waals surface area contributed by atoms with Gasteiger partial charge in [0.25, 0.3) is 11.5 Å². The minimum atomic E-state index is -2.77. The number of amides is 1. The predicted molar refractivity (Wildman–Crippen MR) is 144 cm³/mol. The summed E-state index contributed by atoms with van der Waals surface area (Å²) in [7, 11) is 14.3. The highest BCUT2D eigenvalue weighted by molar-refractivity contribution is 6.50. The second-order valence-electron chi connectivity index (χ2n) is 9.49. The number of alkyl halides is 2. The number of likely N-dealkylation sites (N-methyl/N-ethyl adjacent to an activating group) is 1. The average molecular weight is 541 g/mol. The number of nitrogens with zero attached hydrogens (tertiary/aromatic N) is 4. The largest absolute Gasteiger partial charge is 0.492 e. The number of piperidine rings is 1. The number of carbonyl (C=O) groups excluding carboxylic acids is 1. The first-order valence-electron chi connectivity index (χ1n) is 11.8. The summed E-state index contributed by atoms with van der Waals surface area (Å²) >= 11 is 6.34. The van der Waals surface area contributed by atoms with Gasteiger partial charge in [0.05, 0.1) is 11.7 Å². The summed E-state index contributed by atoms with van der Waals surface area (Å²) < 4.78 is 35.3. The topological polar surface area (TPSA) is 101 Å². The number of aromatic nitrogens is 3. The van der Waals surface area contributed by atoms with Gasteiger partial charge in [0.2, 0.25) is 11.9 Å². The van der Waals surface area contributed by atoms with E-state index in [1.54, 1.807) is 23.1 Å². The molecule has 1 saturated heterocycles. The number of fused-ring (bicyclic) bond motifs is 1. The Labute approximate surface area is 225 Å². The smallest absolute Gasteiger partial charge is 0.293 e. The Bertz CT molecular complexity index is 1440. The van der Waals surface area contributed by atoms with Gasteiger partial charge in [-0.25, -0.2) is 13.8 Å². The van der Waals surface area contributed by atoms with Crippen LogP contribution in [0.2, 0.25) is 5.02 Å². The van der Waals surface area contributed by atoms with Crippen LogP contribution < -0.4 is 25.8 Å². The summed E-state index contributed by atoms with van der Waals surface area (Å²) in [4.78, 5) is 35.1. The Morgan fingerprint density at radius 1 is 1.24 bits per heavy atom. The number of halogens is 3. The Hall–Kier alpha value is -3.34. The maximum absolute atomic E-state index is 14.3. The number of nitrogens with one attached hydrogen (secondary N) is 2. The molecule has 4 rings (SSSR count). The van der Waals surface area contributed by atoms with Gasteiger partial charge < -0.3 is 24.8 Å². The number of benzene rings is 1. The highest BCUT2D eigenvalue weighted by Crippen LogP contribution is 2.39. The molecule has 0 bridgehead atoms. The van der Waals surface area contributed by atoms with Crippen LogP contribution in [0.5, 0.6) is 5.75 Å². The molecule has 0 aliphatic carbocycles. The lowest BCUT2D eigenvalue weighted by Crippen LogP contribution is -2.52. The maximum atomic E-state index is 14.3. The first-order valence-corrected chi connectivity index (χ1v) is 12.2. The third kappa shape index (κ3) is 5.16. The molecule has 3 heterocycles. The van der Waals surface area contributed by atoms with Crippen molar-refractivity contribution in [2.75, 3.05) is 30.4 Å². The van der Waals surface area contributed by atoms with Crippen molar-refractivity contribution >= 4 is 61.6 Å². The Morgan fingerprint density at radius 3 is 2.53 bits per heavy atom. The van der Waals surface area contributed by atoms with Crippen LogP contribution >= 0.6 is 11.6 Å². The molecule has 2 N–H and O–H groups in total. The van der Waals surface area contributed by atoms with Gasteiger partial charge in [-0.3, -0.25) is 9.59 Å². The zero-order chi connectivity index (χ0) is 28.0. The van der Waals surface area contributed by atoms with E-state index in [2.05, 4.69) is 20.6 Å². The van der Waals surface area contributed by atoms with E-state index in [-0.39, 0.29) is 35.6 Å². The molecule has 1 aromatic carbocycles. The Balaban J connectivity index is 1.65. The van der Waals surface area contributed by atoms with Crippen LogP contribution in [-0.4, -0.2) is 67.6 Å². The van der Waals surface area contributed by atoms with E-state index < -0.39 is 34.6 Å². The number of rotatable bonds is 6. The van der Waals surface area contributed by atoms with E-state index >= 15 is 0 Å². The molecular weight excluding hydrogens is 515 g/mol. The van der Waals surface area contributed by atoms with Gasteiger partial charge in [-0.05, 0) is 24.3 Å². The van der Waals surface area contributed by atoms with Crippen LogP contribution in [0.1, 0.15) is 13.8 Å². The summed E-state index contributed by atoms with van der Waals surface area (Å²) in [6.07, 6.45) is 1.41. The lowest BCUT2D eigenvalue weighted by molar-refractivity contribution is -0.126. The molecule has 1 aliphatic rings. The Morgan fingerprint density at radius 2 is 1.89 bits per heavy atom. The molecule has 14 heteroatoms. The first-order chi connectivity index (χ1) is 17.7. The number of carbonyl (C=O) groups is 1. The molecule has 0 unspecified atom stereocenters. The van der Waals surface area contributed by atoms with E-state index in [0.717, 1.165) is 0 Å². The first kappa shape index (κ1) is 27.7. The highest BCUT2D eigenvalue weighted by atomic mass is 35.5. The third-order valence-electron chi connectivity index (χ3n) is 6.63. The molecule has 38 heavy (non-hydrogen) atoms. The lowest BCUT2D eigenvalue weighted by atomic mass is 9.64. The van der Waals surface area contributed by atoms with Gasteiger partial charge in [-0.1, -0.05) is 25.4 Å². The highest BCUT2D eigenvalue weighted by Gasteiger charge is 2.47. The third-order valence-corrected chi connectivity index (χ3v) is 6.91. The number of anilines is 3. The normalized spacial score (nSPS) is 19.3. The Kier molecular flexibility index (Phi) is 7.35. The maximum Gasteiger partial charge on any atom is 0.293 e. The molecule has 2 aromatic heterocycles. The minimum Gasteiger partial charge on any atom is -0.492 e. The summed E-state index contributed by atoms with van der Waals surface area (Å²) in [5, 5.41) is 3.91. The minimum absolute atomic E-state index is 0.102. The standard InChI is InChI=1S/C24H25B2ClF2N6O3/c1-12-10-35(11-13(2)23(12,28)29)22-31-9-16(27)19(33-22)32-15-5-6-17-14(7-15)8-18(20(36)34(17)4)38-24(25,26)21(37)30-3/h5-9,12-13H,10-11H2,1-4H3,(H,30,37)(H,31,32,33)/t12-,13+. The summed E-state index contributed by atoms with van der Waals surface area (Å²) in [6, 6.07) is 6.54. The fourth-order valence-corrected chi connectivity index (χ4v) is 4.53. The van der Waals surface area contributed by atoms with Gasteiger partial charge >= 0.3 is 0 Å². The van der Waals surface area contributed by atoms with Crippen molar-refractivity contribution in [3.05, 3.63) is 45.8 Å². The van der Waals surface area contributed by atoms with E-state index in [1.807, 2.05) is 0 Å². The number of aryl methyl sites for hydroxylation is 1. The van der Waals surface area contributed by atoms with E-state index in [4.69, 9.17) is 32.0 Å². The van der Waals surface area contributed by atoms with Gasteiger partial charge in [0.1, 0.15) is 26.1 Å². The monoisotopic (exact) mass is 540 g/mol. The number of hydrogen-bond donors (Lipinski definition) is 2. The van der Waals surface area contributed by atoms with Crippen LogP contribution in [0.3, 0.4) is 0 Å². The van der Waals surface area contributed by atoms with Crippen molar-refractivity contribution in [1.82, 2.24) is 19.9 Å². The molecule has 1 amide bonds. The molecule has 0 spiro atoms. The number of hydrogen-bond acceptors (Lipinski definition) is 7. The molecule has 3 aromatic rings. The van der Waals surface area contributed by atoms with Crippen molar-refractivity contribution in [3.63, 3.8) is 0 Å². The predicted octanol–water partition coefficient (Wildman–Crippen LogP) is 2.57. The SMILES string of the molecule is [B]C([B])(Oc1cc2cc(Nc3nc(N4C[C@@H](C)C(F)(F)[C@@H](C)C4)ncc3Cl)ccc2n(C)c1=O)C(=O)NC. The van der Waals surface area contributed by atoms with Gasteiger partial charge in [-0.2, -0.15) is 4.98 Å². The average Bonchev–Trinajstić information content (AvgIpc) is 2.86. The quantitative estimate of drug-likeness (QED) is 0.464. The van der Waals surface area contributed by atoms with Crippen molar-refractivity contribution in [1.29, 1.82) is 0 Å². The van der Waals surface area contributed by atoms with E-state index in [0.29, 0.717) is 16.6 Å². The molecule has 196 valence electrons. The second kappa shape index (κ2) is 10.1. The van der Waals surface area contributed by atoms with Crippen LogP contribution in [-0.2, 0) is 11.8 Å². The van der Waals surface area contributed by atoms with Crippen molar-refractivity contribution in [2.24, 2.45) is 18.9 Å². The molecule has 0 saturated carbocycles. The van der Waals surface area contributed by atoms with E-state index in [9.17, 15) is 18.4 Å². The van der Waals surface area contributed by atoms with Gasteiger partial charge in [-0.15, -0.1) is 0 Å². The van der Waals surface area contributed by atoms with Gasteiger partial charge in [0, 0.05) is 50.1 Å². The summed E-state index contributed by atoms with van der Waals surface area (Å²) in [5.74, 6) is -4.99. The van der Waals surface area contributed by atoms with Crippen molar-refractivity contribution in [2.45, 2.75) is 25.2 Å². The van der Waals surface area contributed by atoms with Gasteiger partial charge in [0.15, 0.2) is 11.6 Å². The molecular formula is C24H25B2ClF2N6O3. The van der Waals surface area contributed by atoms with Crippen LogP contribution in [0.4, 0.5) is 26.2 Å². The number of pyridine rings is 1. The summed E-state index contributed by atoms with van der Waals surface area (Å²) in [6.45, 7) is 3.22. The second-order valence-corrected chi connectivity index (χ2v) is 9.90. The fourth-order valence-electron chi connectivity index (χ4n) is 4.39. The molecule has 2 atom stereocenters. The molecule has 4 radical (unpaired) electrons. The fraction of sp³-hybridized carbons (Fsp3) is 0.417. The van der Waals surface area contributed by atoms with Crippen molar-refractivity contribution < 1.29 is 18.3 Å². The lowest BCUT2D eigenvalue weighted by Gasteiger charge is -2.41. The van der Waals surface area contributed by atoms with Crippen LogP contribution in [0, 0.1) is 11.8 Å². The van der Waals surface area contributed by atoms with Crippen molar-refractivity contribution in [3.8, 4) is 5.75 Å². The van der Waals surface area contributed by atoms with Crippen LogP contribution in [0.15, 0.2) is 35.3 Å². The summed E-state index contributed by atoms with van der Waals surface area (Å²) in [5.41, 5.74) is 0.583. The molecule has 9 nitrogen and oxygen atoms in total. The van der Waals surface area contributed by atoms with Crippen LogP contribution in [0.25, 0.3) is 10.9 Å². The van der Waals surface area contributed by atoms with E-state index in [1.165, 1.54) is 44.8 Å². The molecule has 1 aliphatic heterocycles. The number of ether oxygens (including phenoxy) is 1. The zero-order valence-electron chi connectivity index (χ0n) is 21.3. The zero-order valence-corrected chi connectivity index (χ0v) is 22.0.